The van der Waals surface area contributed by atoms with E-state index >= 15 is 0 Å². The van der Waals surface area contributed by atoms with Crippen molar-refractivity contribution in [2.45, 2.75) is 31.2 Å². The average molecular weight is 288 g/mol. The van der Waals surface area contributed by atoms with Gasteiger partial charge in [-0.05, 0) is 29.7 Å². The molecule has 2 aromatic rings. The van der Waals surface area contributed by atoms with Crippen molar-refractivity contribution in [3.63, 3.8) is 0 Å². The Bertz CT molecular complexity index is 626. The van der Waals surface area contributed by atoms with E-state index in [0.717, 1.165) is 42.0 Å². The monoisotopic (exact) mass is 287 g/mol. The highest BCUT2D eigenvalue weighted by Crippen LogP contribution is 2.31. The third-order valence-electron chi connectivity index (χ3n) is 4.23. The minimum absolute atomic E-state index is 0.00986. The van der Waals surface area contributed by atoms with Crippen LogP contribution in [-0.2, 0) is 0 Å². The van der Waals surface area contributed by atoms with Crippen LogP contribution in [0.15, 0.2) is 42.5 Å². The molecule has 1 fully saturated rings. The number of benzene rings is 2. The summed E-state index contributed by atoms with van der Waals surface area (Å²) >= 11 is 6.10. The van der Waals surface area contributed by atoms with Crippen molar-refractivity contribution in [3.05, 3.63) is 48.0 Å². The van der Waals surface area contributed by atoms with Crippen LogP contribution in [0.1, 0.15) is 36.0 Å². The first-order valence-corrected chi connectivity index (χ1v) is 7.64. The van der Waals surface area contributed by atoms with Crippen LogP contribution < -0.4 is 5.32 Å². The molecular weight excluding hydrogens is 270 g/mol. The predicted octanol–water partition coefficient (Wildman–Crippen LogP) is 4.12. The molecule has 3 heteroatoms. The van der Waals surface area contributed by atoms with Crippen LogP contribution in [0.3, 0.4) is 0 Å². The maximum absolute atomic E-state index is 12.6. The van der Waals surface area contributed by atoms with Gasteiger partial charge in [0.25, 0.3) is 5.91 Å². The maximum atomic E-state index is 12.6. The SMILES string of the molecule is O=C(NC1(CCl)CCCC1)c1cccc2ccccc12. The molecule has 0 spiro atoms. The van der Waals surface area contributed by atoms with Crippen molar-refractivity contribution in [1.82, 2.24) is 5.32 Å². The van der Waals surface area contributed by atoms with E-state index in [2.05, 4.69) is 5.32 Å². The summed E-state index contributed by atoms with van der Waals surface area (Å²) in [5.74, 6) is 0.480. The fraction of sp³-hybridized carbons (Fsp3) is 0.353. The van der Waals surface area contributed by atoms with Crippen LogP contribution in [0.4, 0.5) is 0 Å². The van der Waals surface area contributed by atoms with Gasteiger partial charge < -0.3 is 5.32 Å². The van der Waals surface area contributed by atoms with Crippen molar-refractivity contribution >= 4 is 28.3 Å². The van der Waals surface area contributed by atoms with Gasteiger partial charge in [0.1, 0.15) is 0 Å². The summed E-state index contributed by atoms with van der Waals surface area (Å²) in [5, 5.41) is 5.26. The number of hydrogen-bond donors (Lipinski definition) is 1. The molecule has 0 aromatic heterocycles. The van der Waals surface area contributed by atoms with E-state index in [1.165, 1.54) is 0 Å². The molecule has 20 heavy (non-hydrogen) atoms. The Morgan fingerprint density at radius 2 is 1.80 bits per heavy atom. The lowest BCUT2D eigenvalue weighted by atomic mass is 9.98. The van der Waals surface area contributed by atoms with Crippen molar-refractivity contribution in [2.24, 2.45) is 0 Å². The summed E-state index contributed by atoms with van der Waals surface area (Å²) in [4.78, 5) is 12.6. The summed E-state index contributed by atoms with van der Waals surface area (Å²) in [6, 6.07) is 13.8. The second kappa shape index (κ2) is 5.45. The van der Waals surface area contributed by atoms with E-state index in [1.54, 1.807) is 0 Å². The van der Waals surface area contributed by atoms with Gasteiger partial charge in [0, 0.05) is 11.4 Å². The fourth-order valence-corrected chi connectivity index (χ4v) is 3.41. The minimum atomic E-state index is -0.213. The highest BCUT2D eigenvalue weighted by atomic mass is 35.5. The number of alkyl halides is 1. The number of fused-ring (bicyclic) bond motifs is 1. The number of amides is 1. The highest BCUT2D eigenvalue weighted by Gasteiger charge is 2.34. The van der Waals surface area contributed by atoms with Gasteiger partial charge in [-0.1, -0.05) is 49.2 Å². The van der Waals surface area contributed by atoms with E-state index in [-0.39, 0.29) is 11.4 Å². The van der Waals surface area contributed by atoms with Crippen LogP contribution >= 0.6 is 11.6 Å². The van der Waals surface area contributed by atoms with Crippen molar-refractivity contribution in [3.8, 4) is 0 Å². The van der Waals surface area contributed by atoms with Crippen LogP contribution in [0.5, 0.6) is 0 Å². The summed E-state index contributed by atoms with van der Waals surface area (Å²) < 4.78 is 0. The molecule has 0 saturated heterocycles. The topological polar surface area (TPSA) is 29.1 Å². The van der Waals surface area contributed by atoms with E-state index < -0.39 is 0 Å². The molecule has 1 saturated carbocycles. The maximum Gasteiger partial charge on any atom is 0.252 e. The normalized spacial score (nSPS) is 17.2. The molecule has 0 radical (unpaired) electrons. The fourth-order valence-electron chi connectivity index (χ4n) is 3.08. The second-order valence-corrected chi connectivity index (χ2v) is 5.87. The molecule has 1 N–H and O–H groups in total. The zero-order chi connectivity index (χ0) is 14.0. The zero-order valence-corrected chi connectivity index (χ0v) is 12.1. The Hall–Kier alpha value is -1.54. The summed E-state index contributed by atoms with van der Waals surface area (Å²) in [6.07, 6.45) is 4.24. The quantitative estimate of drug-likeness (QED) is 0.845. The van der Waals surface area contributed by atoms with Gasteiger partial charge in [-0.2, -0.15) is 0 Å². The summed E-state index contributed by atoms with van der Waals surface area (Å²) in [6.45, 7) is 0. The van der Waals surface area contributed by atoms with Gasteiger partial charge in [0.2, 0.25) is 0 Å². The molecule has 1 amide bonds. The Morgan fingerprint density at radius 3 is 2.55 bits per heavy atom. The molecule has 104 valence electrons. The zero-order valence-electron chi connectivity index (χ0n) is 11.4. The third-order valence-corrected chi connectivity index (χ3v) is 4.74. The first-order valence-electron chi connectivity index (χ1n) is 7.10. The first kappa shape index (κ1) is 13.4. The van der Waals surface area contributed by atoms with E-state index in [4.69, 9.17) is 11.6 Å². The molecule has 0 unspecified atom stereocenters. The minimum Gasteiger partial charge on any atom is -0.345 e. The van der Waals surface area contributed by atoms with E-state index in [0.29, 0.717) is 5.88 Å². The molecule has 0 bridgehead atoms. The van der Waals surface area contributed by atoms with E-state index in [9.17, 15) is 4.79 Å². The largest absolute Gasteiger partial charge is 0.345 e. The number of nitrogens with one attached hydrogen (secondary N) is 1. The molecule has 1 aliphatic carbocycles. The second-order valence-electron chi connectivity index (χ2n) is 5.60. The van der Waals surface area contributed by atoms with Crippen molar-refractivity contribution < 1.29 is 4.79 Å². The molecule has 0 atom stereocenters. The molecule has 2 aromatic carbocycles. The lowest BCUT2D eigenvalue weighted by Crippen LogP contribution is -2.47. The smallest absolute Gasteiger partial charge is 0.252 e. The van der Waals surface area contributed by atoms with Crippen molar-refractivity contribution in [2.75, 3.05) is 5.88 Å². The number of carbonyl (C=O) groups excluding carboxylic acids is 1. The van der Waals surface area contributed by atoms with Crippen LogP contribution in [-0.4, -0.2) is 17.3 Å². The van der Waals surface area contributed by atoms with E-state index in [1.807, 2.05) is 42.5 Å². The van der Waals surface area contributed by atoms with Crippen LogP contribution in [0.2, 0.25) is 0 Å². The highest BCUT2D eigenvalue weighted by molar-refractivity contribution is 6.19. The van der Waals surface area contributed by atoms with Gasteiger partial charge >= 0.3 is 0 Å². The lowest BCUT2D eigenvalue weighted by Gasteiger charge is -2.28. The standard InChI is InChI=1S/C17H18ClNO/c18-12-17(10-3-4-11-17)19-16(20)15-9-5-7-13-6-1-2-8-14(13)15/h1-2,5-9H,3-4,10-12H2,(H,19,20). The van der Waals surface area contributed by atoms with Gasteiger partial charge in [-0.25, -0.2) is 0 Å². The number of carbonyl (C=O) groups is 1. The van der Waals surface area contributed by atoms with Gasteiger partial charge in [0.05, 0.1) is 5.54 Å². The predicted molar refractivity (Wildman–Crippen MR) is 83.3 cm³/mol. The lowest BCUT2D eigenvalue weighted by molar-refractivity contribution is 0.0911. The average Bonchev–Trinajstić information content (AvgIpc) is 2.95. The number of rotatable bonds is 3. The summed E-state index contributed by atoms with van der Waals surface area (Å²) in [5.41, 5.74) is 0.523. The Labute approximate surface area is 124 Å². The molecule has 3 rings (SSSR count). The molecule has 0 heterocycles. The number of halogens is 1. The Morgan fingerprint density at radius 1 is 1.10 bits per heavy atom. The van der Waals surface area contributed by atoms with Crippen molar-refractivity contribution in [1.29, 1.82) is 0 Å². The van der Waals surface area contributed by atoms with Gasteiger partial charge in [-0.15, -0.1) is 11.6 Å². The Kier molecular flexibility index (Phi) is 3.66. The third kappa shape index (κ3) is 2.40. The molecule has 2 nitrogen and oxygen atoms in total. The molecule has 0 aliphatic heterocycles. The molecular formula is C17H18ClNO. The van der Waals surface area contributed by atoms with Gasteiger partial charge in [-0.3, -0.25) is 4.79 Å². The summed E-state index contributed by atoms with van der Waals surface area (Å²) in [7, 11) is 0. The van der Waals surface area contributed by atoms with Crippen LogP contribution in [0.25, 0.3) is 10.8 Å². The number of hydrogen-bond acceptors (Lipinski definition) is 1. The Balaban J connectivity index is 1.93. The van der Waals surface area contributed by atoms with Gasteiger partial charge in [0.15, 0.2) is 0 Å². The molecule has 1 aliphatic rings. The first-order chi connectivity index (χ1) is 9.74. The van der Waals surface area contributed by atoms with Crippen LogP contribution in [0, 0.1) is 0 Å².